The van der Waals surface area contributed by atoms with Crippen molar-refractivity contribution in [3.8, 4) is 17.4 Å². The molecule has 0 spiro atoms. The Balaban J connectivity index is 2.64. The second-order valence-corrected chi connectivity index (χ2v) is 3.68. The first-order valence-corrected chi connectivity index (χ1v) is 5.22. The van der Waals surface area contributed by atoms with Gasteiger partial charge in [-0.05, 0) is 12.1 Å². The third-order valence-corrected chi connectivity index (χ3v) is 2.61. The summed E-state index contributed by atoms with van der Waals surface area (Å²) in [6, 6.07) is 4.01. The van der Waals surface area contributed by atoms with Crippen molar-refractivity contribution in [3.63, 3.8) is 0 Å². The summed E-state index contributed by atoms with van der Waals surface area (Å²) in [4.78, 5) is 0. The minimum Gasteiger partial charge on any atom is -0.494 e. The van der Waals surface area contributed by atoms with Crippen LogP contribution in [0.3, 0.4) is 0 Å². The van der Waals surface area contributed by atoms with Gasteiger partial charge in [-0.1, -0.05) is 0 Å². The molecule has 1 heterocycles. The van der Waals surface area contributed by atoms with E-state index < -0.39 is 11.6 Å². The molecule has 0 aliphatic heterocycles. The Hall–Kier alpha value is -1.75. The molecule has 2 aromatic rings. The SMILES string of the molecule is Oc1cc(CCl)c(O)n1-c1ccc(F)cc1F. The summed E-state index contributed by atoms with van der Waals surface area (Å²) >= 11 is 5.53. The van der Waals surface area contributed by atoms with E-state index in [0.717, 1.165) is 16.7 Å². The van der Waals surface area contributed by atoms with Gasteiger partial charge < -0.3 is 10.2 Å². The van der Waals surface area contributed by atoms with Crippen LogP contribution in [0.4, 0.5) is 8.78 Å². The van der Waals surface area contributed by atoms with E-state index in [2.05, 4.69) is 0 Å². The highest BCUT2D eigenvalue weighted by Crippen LogP contribution is 2.33. The van der Waals surface area contributed by atoms with Gasteiger partial charge in [-0.25, -0.2) is 13.3 Å². The summed E-state index contributed by atoms with van der Waals surface area (Å²) in [6.45, 7) is 0. The molecule has 0 aliphatic rings. The van der Waals surface area contributed by atoms with Crippen molar-refractivity contribution in [2.45, 2.75) is 5.88 Å². The van der Waals surface area contributed by atoms with E-state index in [9.17, 15) is 19.0 Å². The van der Waals surface area contributed by atoms with Crippen LogP contribution < -0.4 is 0 Å². The summed E-state index contributed by atoms with van der Waals surface area (Å²) in [7, 11) is 0. The number of nitrogens with zero attached hydrogens (tertiary/aromatic N) is 1. The summed E-state index contributed by atoms with van der Waals surface area (Å²) in [5, 5.41) is 19.3. The normalized spacial score (nSPS) is 10.8. The molecule has 3 nitrogen and oxygen atoms in total. The predicted molar refractivity (Wildman–Crippen MR) is 58.6 cm³/mol. The third-order valence-electron chi connectivity index (χ3n) is 2.33. The fraction of sp³-hybridized carbons (Fsp3) is 0.0909. The lowest BCUT2D eigenvalue weighted by molar-refractivity contribution is 0.397. The minimum absolute atomic E-state index is 0.0325. The first-order valence-electron chi connectivity index (χ1n) is 4.68. The zero-order chi connectivity index (χ0) is 12.6. The molecule has 2 rings (SSSR count). The first kappa shape index (κ1) is 11.7. The van der Waals surface area contributed by atoms with Crippen molar-refractivity contribution < 1.29 is 19.0 Å². The van der Waals surface area contributed by atoms with Crippen molar-refractivity contribution in [1.29, 1.82) is 0 Å². The predicted octanol–water partition coefficient (Wildman–Crippen LogP) is 2.91. The lowest BCUT2D eigenvalue weighted by Crippen LogP contribution is -1.97. The second-order valence-electron chi connectivity index (χ2n) is 3.42. The molecular weight excluding hydrogens is 252 g/mol. The molecule has 0 saturated carbocycles. The van der Waals surface area contributed by atoms with Gasteiger partial charge in [-0.3, -0.25) is 0 Å². The van der Waals surface area contributed by atoms with Crippen molar-refractivity contribution in [1.82, 2.24) is 4.57 Å². The summed E-state index contributed by atoms with van der Waals surface area (Å²) < 4.78 is 27.1. The molecule has 1 aromatic carbocycles. The number of alkyl halides is 1. The third kappa shape index (κ3) is 1.93. The van der Waals surface area contributed by atoms with Crippen LogP contribution in [0.15, 0.2) is 24.3 Å². The van der Waals surface area contributed by atoms with Gasteiger partial charge >= 0.3 is 0 Å². The fourth-order valence-electron chi connectivity index (χ4n) is 1.54. The number of hydrogen-bond acceptors (Lipinski definition) is 2. The first-order chi connectivity index (χ1) is 8.04. The Morgan fingerprint density at radius 2 is 1.88 bits per heavy atom. The smallest absolute Gasteiger partial charge is 0.203 e. The fourth-order valence-corrected chi connectivity index (χ4v) is 1.73. The van der Waals surface area contributed by atoms with Crippen molar-refractivity contribution in [2.24, 2.45) is 0 Å². The van der Waals surface area contributed by atoms with Gasteiger partial charge in [0.25, 0.3) is 0 Å². The number of hydrogen-bond donors (Lipinski definition) is 2. The van der Waals surface area contributed by atoms with Gasteiger partial charge in [0.2, 0.25) is 5.88 Å². The zero-order valence-corrected chi connectivity index (χ0v) is 9.25. The Labute approximate surface area is 100 Å². The molecular formula is C11H8ClF2NO2. The molecule has 2 N–H and O–H groups in total. The van der Waals surface area contributed by atoms with E-state index in [-0.39, 0.29) is 28.9 Å². The summed E-state index contributed by atoms with van der Waals surface area (Å²) in [6.07, 6.45) is 0. The van der Waals surface area contributed by atoms with E-state index in [1.54, 1.807) is 0 Å². The monoisotopic (exact) mass is 259 g/mol. The lowest BCUT2D eigenvalue weighted by Gasteiger charge is -2.08. The molecule has 0 amide bonds. The molecule has 17 heavy (non-hydrogen) atoms. The molecule has 0 fully saturated rings. The van der Waals surface area contributed by atoms with E-state index in [1.807, 2.05) is 0 Å². The molecule has 0 atom stereocenters. The number of halogens is 3. The van der Waals surface area contributed by atoms with Gasteiger partial charge in [-0.15, -0.1) is 11.6 Å². The van der Waals surface area contributed by atoms with Crippen molar-refractivity contribution >= 4 is 11.6 Å². The van der Waals surface area contributed by atoms with Crippen LogP contribution >= 0.6 is 11.6 Å². The Morgan fingerprint density at radius 3 is 2.41 bits per heavy atom. The van der Waals surface area contributed by atoms with Crippen molar-refractivity contribution in [2.75, 3.05) is 0 Å². The van der Waals surface area contributed by atoms with Gasteiger partial charge in [-0.2, -0.15) is 0 Å². The molecule has 90 valence electrons. The quantitative estimate of drug-likeness (QED) is 0.815. The molecule has 0 bridgehead atoms. The van der Waals surface area contributed by atoms with Gasteiger partial charge in [0, 0.05) is 17.7 Å². The average molecular weight is 260 g/mol. The Morgan fingerprint density at radius 1 is 1.18 bits per heavy atom. The van der Waals surface area contributed by atoms with E-state index >= 15 is 0 Å². The van der Waals surface area contributed by atoms with E-state index in [4.69, 9.17) is 11.6 Å². The molecule has 1 aromatic heterocycles. The molecule has 0 radical (unpaired) electrons. The molecule has 0 aliphatic carbocycles. The van der Waals surface area contributed by atoms with Gasteiger partial charge in [0.05, 0.1) is 11.6 Å². The van der Waals surface area contributed by atoms with Gasteiger partial charge in [0.1, 0.15) is 11.6 Å². The van der Waals surface area contributed by atoms with Crippen LogP contribution in [0, 0.1) is 11.6 Å². The maximum absolute atomic E-state index is 13.5. The van der Waals surface area contributed by atoms with Gasteiger partial charge in [0.15, 0.2) is 5.88 Å². The number of aromatic hydroxyl groups is 2. The minimum atomic E-state index is -0.896. The summed E-state index contributed by atoms with van der Waals surface area (Å²) in [5.41, 5.74) is 0.102. The van der Waals surface area contributed by atoms with Crippen LogP contribution in [-0.4, -0.2) is 14.8 Å². The van der Waals surface area contributed by atoms with Crippen LogP contribution in [-0.2, 0) is 5.88 Å². The maximum atomic E-state index is 13.5. The Kier molecular flexibility index (Phi) is 2.93. The standard InChI is InChI=1S/C11H8ClF2NO2/c12-5-6-3-10(16)15(11(6)17)9-2-1-7(13)4-8(9)14/h1-4,16-17H,5H2. The zero-order valence-electron chi connectivity index (χ0n) is 8.49. The van der Waals surface area contributed by atoms with Crippen LogP contribution in [0.2, 0.25) is 0 Å². The largest absolute Gasteiger partial charge is 0.494 e. The number of aromatic nitrogens is 1. The van der Waals surface area contributed by atoms with Crippen LogP contribution in [0.5, 0.6) is 11.8 Å². The number of rotatable bonds is 2. The second kappa shape index (κ2) is 4.25. The maximum Gasteiger partial charge on any atom is 0.203 e. The number of benzene rings is 1. The van der Waals surface area contributed by atoms with E-state index in [1.165, 1.54) is 6.07 Å². The van der Waals surface area contributed by atoms with Crippen LogP contribution in [0.1, 0.15) is 5.56 Å². The molecule has 0 unspecified atom stereocenters. The topological polar surface area (TPSA) is 45.4 Å². The highest BCUT2D eigenvalue weighted by atomic mass is 35.5. The lowest BCUT2D eigenvalue weighted by atomic mass is 10.3. The highest BCUT2D eigenvalue weighted by molar-refractivity contribution is 6.17. The van der Waals surface area contributed by atoms with Crippen molar-refractivity contribution in [3.05, 3.63) is 41.5 Å². The highest BCUT2D eigenvalue weighted by Gasteiger charge is 2.17. The molecule has 6 heteroatoms. The average Bonchev–Trinajstić information content (AvgIpc) is 2.55. The van der Waals surface area contributed by atoms with E-state index in [0.29, 0.717) is 6.07 Å². The summed E-state index contributed by atoms with van der Waals surface area (Å²) in [5.74, 6) is -2.41. The van der Waals surface area contributed by atoms with Crippen LogP contribution in [0.25, 0.3) is 5.69 Å². The Bertz CT molecular complexity index is 569. The molecule has 0 saturated heterocycles.